The minimum Gasteiger partial charge on any atom is -0.377 e. The van der Waals surface area contributed by atoms with Crippen molar-refractivity contribution in [1.29, 1.82) is 0 Å². The molecular weight excluding hydrogens is 192 g/mol. The average Bonchev–Trinajstić information content (AvgIpc) is 2.20. The van der Waals surface area contributed by atoms with E-state index < -0.39 is 0 Å². The monoisotopic (exact) mass is 208 g/mol. The van der Waals surface area contributed by atoms with Crippen LogP contribution in [0.15, 0.2) is 23.2 Å². The van der Waals surface area contributed by atoms with Gasteiger partial charge in [-0.15, -0.1) is 0 Å². The van der Waals surface area contributed by atoms with Gasteiger partial charge in [-0.3, -0.25) is 5.21 Å². The first kappa shape index (κ1) is 11.3. The highest BCUT2D eigenvalue weighted by molar-refractivity contribution is 5.80. The summed E-state index contributed by atoms with van der Waals surface area (Å²) in [6, 6.07) is 5.70. The van der Waals surface area contributed by atoms with E-state index in [1.165, 1.54) is 0 Å². The zero-order chi connectivity index (χ0) is 11.4. The van der Waals surface area contributed by atoms with Crippen molar-refractivity contribution in [3.63, 3.8) is 0 Å². The number of benzene rings is 1. The first-order valence-electron chi connectivity index (χ1n) is 4.57. The fourth-order valence-electron chi connectivity index (χ4n) is 1.31. The zero-order valence-electron chi connectivity index (χ0n) is 9.15. The van der Waals surface area contributed by atoms with E-state index in [1.807, 2.05) is 44.1 Å². The first-order valence-corrected chi connectivity index (χ1v) is 4.57. The number of hydrogen-bond donors (Lipinski definition) is 3. The Kier molecular flexibility index (Phi) is 3.51. The Morgan fingerprint density at radius 1 is 1.47 bits per heavy atom. The largest absolute Gasteiger partial charge is 0.377 e. The van der Waals surface area contributed by atoms with Crippen LogP contribution in [0.4, 0.5) is 11.4 Å². The van der Waals surface area contributed by atoms with Crippen LogP contribution in [0.2, 0.25) is 0 Å². The number of nitrogens with zero attached hydrogens (tertiary/aromatic N) is 2. The predicted octanol–water partition coefficient (Wildman–Crippen LogP) is 0.986. The van der Waals surface area contributed by atoms with Gasteiger partial charge in [0.05, 0.1) is 5.69 Å². The normalized spacial score (nSPS) is 11.3. The molecule has 0 saturated heterocycles. The highest BCUT2D eigenvalue weighted by atomic mass is 16.5. The zero-order valence-corrected chi connectivity index (χ0v) is 9.15. The maximum atomic E-state index is 8.51. The highest BCUT2D eigenvalue weighted by Gasteiger charge is 2.01. The summed E-state index contributed by atoms with van der Waals surface area (Å²) in [6.45, 7) is 2.02. The van der Waals surface area contributed by atoms with Crippen LogP contribution in [-0.4, -0.2) is 25.3 Å². The maximum absolute atomic E-state index is 8.51. The van der Waals surface area contributed by atoms with Crippen LogP contribution < -0.4 is 16.1 Å². The van der Waals surface area contributed by atoms with Crippen molar-refractivity contribution in [2.45, 2.75) is 6.92 Å². The molecule has 82 valence electrons. The predicted molar refractivity (Wildman–Crippen MR) is 61.7 cm³/mol. The van der Waals surface area contributed by atoms with E-state index in [-0.39, 0.29) is 5.96 Å². The molecule has 5 heteroatoms. The van der Waals surface area contributed by atoms with Crippen LogP contribution >= 0.6 is 0 Å². The summed E-state index contributed by atoms with van der Waals surface area (Å²) in [4.78, 5) is 5.97. The fourth-order valence-corrected chi connectivity index (χ4v) is 1.31. The molecule has 0 heterocycles. The molecule has 1 aromatic rings. The van der Waals surface area contributed by atoms with Gasteiger partial charge in [0.2, 0.25) is 5.96 Å². The van der Waals surface area contributed by atoms with E-state index in [0.717, 1.165) is 11.3 Å². The van der Waals surface area contributed by atoms with Gasteiger partial charge in [0.1, 0.15) is 0 Å². The molecule has 0 amide bonds. The average molecular weight is 208 g/mol. The number of nitrogens with one attached hydrogen (secondary N) is 1. The van der Waals surface area contributed by atoms with E-state index >= 15 is 0 Å². The van der Waals surface area contributed by atoms with Gasteiger partial charge in [-0.2, -0.15) is 0 Å². The van der Waals surface area contributed by atoms with Crippen LogP contribution in [0, 0.1) is 6.92 Å². The highest BCUT2D eigenvalue weighted by Crippen LogP contribution is 2.24. The lowest BCUT2D eigenvalue weighted by Gasteiger charge is -2.15. The van der Waals surface area contributed by atoms with Crippen LogP contribution in [0.5, 0.6) is 0 Å². The number of rotatable bonds is 2. The lowest BCUT2D eigenvalue weighted by atomic mass is 10.1. The summed E-state index contributed by atoms with van der Waals surface area (Å²) in [5, 5.41) is 8.51. The van der Waals surface area contributed by atoms with Crippen molar-refractivity contribution in [3.8, 4) is 0 Å². The summed E-state index contributed by atoms with van der Waals surface area (Å²) in [7, 11) is 3.92. The van der Waals surface area contributed by atoms with Crippen molar-refractivity contribution in [2.75, 3.05) is 19.0 Å². The molecule has 1 aromatic carbocycles. The summed E-state index contributed by atoms with van der Waals surface area (Å²) >= 11 is 0. The summed E-state index contributed by atoms with van der Waals surface area (Å²) in [6.07, 6.45) is 0. The molecular formula is C10H16N4O. The summed E-state index contributed by atoms with van der Waals surface area (Å²) < 4.78 is 0. The van der Waals surface area contributed by atoms with E-state index in [4.69, 9.17) is 10.9 Å². The number of aliphatic imine (C=N–C) groups is 1. The second-order valence-electron chi connectivity index (χ2n) is 3.47. The molecule has 0 atom stereocenters. The number of hydroxylamine groups is 1. The standard InChI is InChI=1S/C10H16N4O/c1-7-4-5-8(12-10(11)13-15)6-9(7)14(2)3/h4-6,15H,1-3H3,(H3,11,12,13). The van der Waals surface area contributed by atoms with Crippen LogP contribution in [-0.2, 0) is 0 Å². The van der Waals surface area contributed by atoms with Gasteiger partial charge in [0.25, 0.3) is 0 Å². The molecule has 1 rings (SSSR count). The number of aryl methyl sites for hydroxylation is 1. The summed E-state index contributed by atoms with van der Waals surface area (Å²) in [5.41, 5.74) is 10.1. The molecule has 4 N–H and O–H groups in total. The van der Waals surface area contributed by atoms with Gasteiger partial charge >= 0.3 is 0 Å². The van der Waals surface area contributed by atoms with Gasteiger partial charge in [0, 0.05) is 19.8 Å². The van der Waals surface area contributed by atoms with Crippen molar-refractivity contribution < 1.29 is 5.21 Å². The summed E-state index contributed by atoms with van der Waals surface area (Å²) in [5.74, 6) is -0.0245. The molecule has 0 unspecified atom stereocenters. The maximum Gasteiger partial charge on any atom is 0.218 e. The smallest absolute Gasteiger partial charge is 0.218 e. The molecule has 0 aliphatic rings. The third kappa shape index (κ3) is 2.85. The molecule has 0 aliphatic heterocycles. The minimum absolute atomic E-state index is 0.0245. The Hall–Kier alpha value is -1.75. The molecule has 0 aliphatic carbocycles. The van der Waals surface area contributed by atoms with Crippen molar-refractivity contribution in [1.82, 2.24) is 5.48 Å². The SMILES string of the molecule is Cc1ccc(N=C(N)NO)cc1N(C)C. The third-order valence-electron chi connectivity index (χ3n) is 2.04. The number of hydrogen-bond acceptors (Lipinski definition) is 3. The molecule has 15 heavy (non-hydrogen) atoms. The van der Waals surface area contributed by atoms with Crippen LogP contribution in [0.25, 0.3) is 0 Å². The molecule has 0 radical (unpaired) electrons. The van der Waals surface area contributed by atoms with E-state index in [1.54, 1.807) is 5.48 Å². The van der Waals surface area contributed by atoms with Crippen LogP contribution in [0.1, 0.15) is 5.56 Å². The first-order chi connectivity index (χ1) is 7.04. The molecule has 0 saturated carbocycles. The Labute approximate surface area is 89.2 Å². The van der Waals surface area contributed by atoms with Gasteiger partial charge < -0.3 is 10.6 Å². The van der Waals surface area contributed by atoms with Crippen molar-refractivity contribution in [2.24, 2.45) is 10.7 Å². The van der Waals surface area contributed by atoms with Gasteiger partial charge in [-0.25, -0.2) is 10.5 Å². The Bertz CT molecular complexity index is 374. The molecule has 0 fully saturated rings. The Balaban J connectivity index is 3.08. The van der Waals surface area contributed by atoms with Gasteiger partial charge in [-0.05, 0) is 24.6 Å². The second kappa shape index (κ2) is 4.65. The molecule has 5 nitrogen and oxygen atoms in total. The number of nitrogens with two attached hydrogens (primary N) is 1. The number of anilines is 1. The minimum atomic E-state index is -0.0245. The third-order valence-corrected chi connectivity index (χ3v) is 2.04. The quantitative estimate of drug-likeness (QED) is 0.385. The topological polar surface area (TPSA) is 73.9 Å². The van der Waals surface area contributed by atoms with Crippen LogP contribution in [0.3, 0.4) is 0 Å². The van der Waals surface area contributed by atoms with E-state index in [2.05, 4.69) is 4.99 Å². The van der Waals surface area contributed by atoms with E-state index in [9.17, 15) is 0 Å². The lowest BCUT2D eigenvalue weighted by Crippen LogP contribution is -2.27. The Morgan fingerprint density at radius 2 is 2.13 bits per heavy atom. The molecule has 0 bridgehead atoms. The van der Waals surface area contributed by atoms with E-state index in [0.29, 0.717) is 5.69 Å². The van der Waals surface area contributed by atoms with Crippen molar-refractivity contribution >= 4 is 17.3 Å². The fraction of sp³-hybridized carbons (Fsp3) is 0.300. The lowest BCUT2D eigenvalue weighted by molar-refractivity contribution is 0.233. The van der Waals surface area contributed by atoms with Crippen molar-refractivity contribution in [3.05, 3.63) is 23.8 Å². The number of guanidine groups is 1. The molecule has 0 spiro atoms. The van der Waals surface area contributed by atoms with Gasteiger partial charge in [0.15, 0.2) is 0 Å². The Morgan fingerprint density at radius 3 is 2.67 bits per heavy atom. The molecule has 0 aromatic heterocycles. The second-order valence-corrected chi connectivity index (χ2v) is 3.47. The van der Waals surface area contributed by atoms with Gasteiger partial charge in [-0.1, -0.05) is 6.07 Å².